The SMILES string of the molecule is COC(=O)/C(C)=C(O)/C=C/C=C/C=C/C=C/C(C)=C/c1ccccc1. The van der Waals surface area contributed by atoms with E-state index in [1.807, 2.05) is 48.6 Å². The Balaban J connectivity index is 2.50. The van der Waals surface area contributed by atoms with E-state index in [1.54, 1.807) is 12.2 Å². The van der Waals surface area contributed by atoms with Crippen molar-refractivity contribution in [1.29, 1.82) is 0 Å². The van der Waals surface area contributed by atoms with Crippen molar-refractivity contribution >= 4 is 12.0 Å². The van der Waals surface area contributed by atoms with Crippen LogP contribution in [0.5, 0.6) is 0 Å². The predicted molar refractivity (Wildman–Crippen MR) is 104 cm³/mol. The van der Waals surface area contributed by atoms with Crippen molar-refractivity contribution in [2.75, 3.05) is 7.11 Å². The molecule has 0 saturated carbocycles. The van der Waals surface area contributed by atoms with Crippen LogP contribution in [0.2, 0.25) is 0 Å². The summed E-state index contributed by atoms with van der Waals surface area (Å²) in [5.41, 5.74) is 2.51. The minimum Gasteiger partial charge on any atom is -0.507 e. The fourth-order valence-corrected chi connectivity index (χ4v) is 1.85. The topological polar surface area (TPSA) is 46.5 Å². The summed E-state index contributed by atoms with van der Waals surface area (Å²) < 4.78 is 4.53. The molecule has 0 amide bonds. The van der Waals surface area contributed by atoms with E-state index in [0.29, 0.717) is 0 Å². The van der Waals surface area contributed by atoms with E-state index in [1.165, 1.54) is 25.7 Å². The fraction of sp³-hybridized carbons (Fsp3) is 0.136. The maximum Gasteiger partial charge on any atom is 0.337 e. The van der Waals surface area contributed by atoms with Crippen LogP contribution in [0.4, 0.5) is 0 Å². The van der Waals surface area contributed by atoms with Gasteiger partial charge in [0, 0.05) is 0 Å². The highest BCUT2D eigenvalue weighted by Crippen LogP contribution is 2.07. The first-order valence-electron chi connectivity index (χ1n) is 7.94. The highest BCUT2D eigenvalue weighted by atomic mass is 16.5. The van der Waals surface area contributed by atoms with Gasteiger partial charge in [0.15, 0.2) is 0 Å². The Morgan fingerprint density at radius 3 is 2.08 bits per heavy atom. The molecule has 1 rings (SSSR count). The van der Waals surface area contributed by atoms with E-state index < -0.39 is 5.97 Å². The predicted octanol–water partition coefficient (Wildman–Crippen LogP) is 5.32. The van der Waals surface area contributed by atoms with E-state index in [9.17, 15) is 9.90 Å². The summed E-state index contributed by atoms with van der Waals surface area (Å²) in [5, 5.41) is 9.66. The number of hydrogen-bond donors (Lipinski definition) is 1. The molecule has 0 unspecified atom stereocenters. The molecule has 0 aliphatic rings. The van der Waals surface area contributed by atoms with Gasteiger partial charge < -0.3 is 9.84 Å². The molecule has 0 aromatic heterocycles. The molecule has 0 radical (unpaired) electrons. The van der Waals surface area contributed by atoms with Gasteiger partial charge in [-0.15, -0.1) is 0 Å². The number of allylic oxidation sites excluding steroid dienone is 9. The molecular weight excluding hydrogens is 312 g/mol. The Morgan fingerprint density at radius 1 is 0.920 bits per heavy atom. The molecule has 130 valence electrons. The Morgan fingerprint density at radius 2 is 1.48 bits per heavy atom. The molecule has 0 spiro atoms. The van der Waals surface area contributed by atoms with E-state index in [0.717, 1.165) is 5.57 Å². The quantitative estimate of drug-likeness (QED) is 0.317. The zero-order chi connectivity index (χ0) is 18.5. The van der Waals surface area contributed by atoms with Crippen molar-refractivity contribution < 1.29 is 14.6 Å². The number of benzene rings is 1. The second kappa shape index (κ2) is 11.5. The van der Waals surface area contributed by atoms with Crippen LogP contribution in [-0.2, 0) is 9.53 Å². The Kier molecular flexibility index (Phi) is 9.16. The van der Waals surface area contributed by atoms with Crippen molar-refractivity contribution in [3.8, 4) is 0 Å². The lowest BCUT2D eigenvalue weighted by molar-refractivity contribution is -0.136. The lowest BCUT2D eigenvalue weighted by atomic mass is 10.1. The van der Waals surface area contributed by atoms with Crippen molar-refractivity contribution in [1.82, 2.24) is 0 Å². The highest BCUT2D eigenvalue weighted by Gasteiger charge is 2.06. The first-order chi connectivity index (χ1) is 12.0. The van der Waals surface area contributed by atoms with Crippen LogP contribution in [-0.4, -0.2) is 18.2 Å². The number of methoxy groups -OCH3 is 1. The van der Waals surface area contributed by atoms with Gasteiger partial charge in [0.05, 0.1) is 12.7 Å². The van der Waals surface area contributed by atoms with Gasteiger partial charge in [-0.3, -0.25) is 0 Å². The number of aliphatic hydroxyl groups excluding tert-OH is 1. The van der Waals surface area contributed by atoms with Crippen LogP contribution >= 0.6 is 0 Å². The molecule has 0 fully saturated rings. The second-order valence-electron chi connectivity index (χ2n) is 5.29. The highest BCUT2D eigenvalue weighted by molar-refractivity contribution is 5.88. The summed E-state index contributed by atoms with van der Waals surface area (Å²) in [7, 11) is 1.28. The van der Waals surface area contributed by atoms with Gasteiger partial charge in [-0.25, -0.2) is 4.79 Å². The number of hydrogen-bond acceptors (Lipinski definition) is 3. The van der Waals surface area contributed by atoms with Crippen LogP contribution in [0.15, 0.2) is 95.8 Å². The molecular formula is C22H24O3. The molecule has 3 nitrogen and oxygen atoms in total. The summed E-state index contributed by atoms with van der Waals surface area (Å²) in [4.78, 5) is 11.2. The number of aliphatic hydroxyl groups is 1. The number of carbonyl (C=O) groups is 1. The van der Waals surface area contributed by atoms with Crippen LogP contribution in [0.1, 0.15) is 19.4 Å². The normalized spacial score (nSPS) is 14.0. The van der Waals surface area contributed by atoms with E-state index >= 15 is 0 Å². The molecule has 25 heavy (non-hydrogen) atoms. The third-order valence-electron chi connectivity index (χ3n) is 3.24. The average molecular weight is 336 g/mol. The summed E-state index contributed by atoms with van der Waals surface area (Å²) in [6, 6.07) is 10.2. The summed E-state index contributed by atoms with van der Waals surface area (Å²) in [6.07, 6.45) is 16.6. The summed E-state index contributed by atoms with van der Waals surface area (Å²) >= 11 is 0. The molecule has 1 aromatic rings. The minimum atomic E-state index is -0.546. The first-order valence-corrected chi connectivity index (χ1v) is 7.94. The molecule has 0 saturated heterocycles. The number of ether oxygens (including phenoxy) is 1. The molecule has 0 aliphatic carbocycles. The third kappa shape index (κ3) is 8.37. The molecule has 1 aromatic carbocycles. The standard InChI is InChI=1S/C22H24O3/c1-18(17-20-14-10-8-11-15-20)13-9-6-4-5-7-12-16-21(23)19(2)22(24)25-3/h4-17,23H,1-3H3/b6-4+,7-5+,13-9+,16-12+,18-17+,21-19-. The maximum absolute atomic E-state index is 11.2. The van der Waals surface area contributed by atoms with Gasteiger partial charge in [-0.05, 0) is 25.5 Å². The summed E-state index contributed by atoms with van der Waals surface area (Å²) in [5.74, 6) is -0.655. The Hall–Kier alpha value is -3.07. The molecule has 1 N–H and O–H groups in total. The van der Waals surface area contributed by atoms with Crippen LogP contribution in [0.25, 0.3) is 6.08 Å². The summed E-state index contributed by atoms with van der Waals surface area (Å²) in [6.45, 7) is 3.56. The number of rotatable bonds is 7. The molecule has 0 atom stereocenters. The van der Waals surface area contributed by atoms with Gasteiger partial charge in [0.1, 0.15) is 5.76 Å². The molecule has 3 heteroatoms. The average Bonchev–Trinajstić information content (AvgIpc) is 2.63. The molecule has 0 aliphatic heterocycles. The second-order valence-corrected chi connectivity index (χ2v) is 5.29. The zero-order valence-electron chi connectivity index (χ0n) is 14.8. The van der Waals surface area contributed by atoms with Crippen molar-refractivity contribution in [2.24, 2.45) is 0 Å². The van der Waals surface area contributed by atoms with Crippen molar-refractivity contribution in [2.45, 2.75) is 13.8 Å². The zero-order valence-corrected chi connectivity index (χ0v) is 14.8. The minimum absolute atomic E-state index is 0.109. The van der Waals surface area contributed by atoms with E-state index in [-0.39, 0.29) is 11.3 Å². The van der Waals surface area contributed by atoms with Gasteiger partial charge >= 0.3 is 5.97 Å². The van der Waals surface area contributed by atoms with E-state index in [2.05, 4.69) is 29.9 Å². The number of esters is 1. The first kappa shape index (κ1) is 20.0. The Bertz CT molecular complexity index is 730. The Labute approximate surface area is 149 Å². The largest absolute Gasteiger partial charge is 0.507 e. The molecule has 0 heterocycles. The monoisotopic (exact) mass is 336 g/mol. The van der Waals surface area contributed by atoms with Gasteiger partial charge in [0.25, 0.3) is 0 Å². The fourth-order valence-electron chi connectivity index (χ4n) is 1.85. The lowest BCUT2D eigenvalue weighted by Gasteiger charge is -1.99. The van der Waals surface area contributed by atoms with Crippen LogP contribution in [0.3, 0.4) is 0 Å². The van der Waals surface area contributed by atoms with Crippen LogP contribution in [0, 0.1) is 0 Å². The lowest BCUT2D eigenvalue weighted by Crippen LogP contribution is -2.03. The van der Waals surface area contributed by atoms with Crippen LogP contribution < -0.4 is 0 Å². The van der Waals surface area contributed by atoms with Gasteiger partial charge in [-0.2, -0.15) is 0 Å². The smallest absolute Gasteiger partial charge is 0.337 e. The van der Waals surface area contributed by atoms with E-state index in [4.69, 9.17) is 0 Å². The van der Waals surface area contributed by atoms with Crippen molar-refractivity contribution in [3.05, 3.63) is 101 Å². The molecule has 0 bridgehead atoms. The van der Waals surface area contributed by atoms with Crippen molar-refractivity contribution in [3.63, 3.8) is 0 Å². The third-order valence-corrected chi connectivity index (χ3v) is 3.24. The van der Waals surface area contributed by atoms with Gasteiger partial charge in [0.2, 0.25) is 0 Å². The number of carbonyl (C=O) groups excluding carboxylic acids is 1. The van der Waals surface area contributed by atoms with Gasteiger partial charge in [-0.1, -0.05) is 84.5 Å². The maximum atomic E-state index is 11.2.